The van der Waals surface area contributed by atoms with E-state index < -0.39 is 185 Å². The molecule has 5 fully saturated rings. The summed E-state index contributed by atoms with van der Waals surface area (Å²) in [6.45, 7) is 5.39. The molecule has 0 spiro atoms. The number of hydrogen-bond acceptors (Lipinski definition) is 22. The first kappa shape index (κ1) is 61.0. The molecule has 5 aromatic heterocycles. The molecule has 36 heteroatoms. The highest BCUT2D eigenvalue weighted by atomic mass is 127. The summed E-state index contributed by atoms with van der Waals surface area (Å²) in [7, 11) is 0. The summed E-state index contributed by atoms with van der Waals surface area (Å²) in [5.74, 6) is -1.86. The Morgan fingerprint density at radius 2 is 1.08 bits per heavy atom. The number of aliphatic hydroxyl groups excluding tert-OH is 4. The van der Waals surface area contributed by atoms with Gasteiger partial charge in [-0.2, -0.15) is 0 Å². The fourth-order valence-electron chi connectivity index (χ4n) is 11.8. The summed E-state index contributed by atoms with van der Waals surface area (Å²) in [4.78, 5) is 143. The zero-order chi connectivity index (χ0) is 61.4. The van der Waals surface area contributed by atoms with E-state index in [9.17, 15) is 73.9 Å². The van der Waals surface area contributed by atoms with E-state index in [1.54, 1.807) is 22.6 Å². The van der Waals surface area contributed by atoms with Crippen molar-refractivity contribution in [3.05, 3.63) is 178 Å². The second kappa shape index (κ2) is 23.7. The minimum absolute atomic E-state index is 0.00944. The number of aryl methyl sites for hydroxylation is 4. The number of nitrogens with one attached hydrogen (secondary N) is 5. The van der Waals surface area contributed by atoms with Crippen LogP contribution in [0.1, 0.15) is 91.9 Å². The zero-order valence-electron chi connectivity index (χ0n) is 45.2. The number of hydrogen-bond donors (Lipinski definition) is 10. The van der Waals surface area contributed by atoms with Gasteiger partial charge in [0.2, 0.25) is 0 Å². The number of ether oxygens (including phenoxy) is 6. The van der Waals surface area contributed by atoms with Crippen LogP contribution in [0.4, 0.5) is 4.39 Å². The topological polar surface area (TPSA) is 485 Å². The summed E-state index contributed by atoms with van der Waals surface area (Å²) >= 11 is 1.69. The first-order valence-corrected chi connectivity index (χ1v) is 27.6. The molecule has 5 aliphatic heterocycles. The first-order chi connectivity index (χ1) is 40.2. The van der Waals surface area contributed by atoms with Crippen molar-refractivity contribution in [1.82, 2.24) is 47.8 Å². The molecule has 457 valence electrons. The molecule has 18 atom stereocenters. The molecule has 34 nitrogen and oxygen atoms in total. The van der Waals surface area contributed by atoms with E-state index in [4.69, 9.17) is 34.2 Å². The number of nitrogens with two attached hydrogens (primary N) is 1. The van der Waals surface area contributed by atoms with Gasteiger partial charge in [0.05, 0.1) is 33.8 Å². The molecule has 11 N–H and O–H groups in total. The molecule has 0 bridgehead atoms. The van der Waals surface area contributed by atoms with Crippen LogP contribution >= 0.6 is 22.6 Å². The van der Waals surface area contributed by atoms with Crippen molar-refractivity contribution in [2.45, 2.75) is 170 Å². The van der Waals surface area contributed by atoms with Gasteiger partial charge in [-0.05, 0) is 81.5 Å². The van der Waals surface area contributed by atoms with Crippen LogP contribution in [0.25, 0.3) is 10.4 Å². The predicted molar refractivity (Wildman–Crippen MR) is 292 cm³/mol. The highest BCUT2D eigenvalue weighted by Crippen LogP contribution is 2.55. The number of nitrogens with zero attached hydrogens (tertiary/aromatic N) is 8. The predicted octanol–water partition coefficient (Wildman–Crippen LogP) is -3.32. The highest BCUT2D eigenvalue weighted by molar-refractivity contribution is 14.1. The third-order valence-electron chi connectivity index (χ3n) is 16.1. The number of aliphatic hydroxyl groups is 4. The van der Waals surface area contributed by atoms with Gasteiger partial charge in [-0.15, -0.1) is 0 Å². The van der Waals surface area contributed by atoms with Crippen molar-refractivity contribution in [2.24, 2.45) is 16.8 Å². The fourth-order valence-corrected chi connectivity index (χ4v) is 12.2. The molecule has 5 aliphatic rings. The van der Waals surface area contributed by atoms with Gasteiger partial charge in [-0.3, -0.25) is 71.7 Å². The second-order valence-corrected chi connectivity index (χ2v) is 22.7. The van der Waals surface area contributed by atoms with E-state index in [0.29, 0.717) is 0 Å². The van der Waals surface area contributed by atoms with Gasteiger partial charge < -0.3 is 54.6 Å². The van der Waals surface area contributed by atoms with E-state index >= 15 is 4.39 Å². The minimum atomic E-state index is -3.14. The molecular formula is C49H57FIN14O20. The Morgan fingerprint density at radius 3 is 1.61 bits per heavy atom. The molecule has 10 heterocycles. The van der Waals surface area contributed by atoms with Crippen molar-refractivity contribution in [3.63, 3.8) is 0 Å². The van der Waals surface area contributed by atoms with Crippen LogP contribution in [-0.2, 0) is 28.4 Å². The molecule has 5 aromatic rings. The van der Waals surface area contributed by atoms with Crippen molar-refractivity contribution in [2.75, 3.05) is 0 Å². The molecule has 0 amide bonds. The Morgan fingerprint density at radius 1 is 0.647 bits per heavy atom. The van der Waals surface area contributed by atoms with Crippen LogP contribution in [0.2, 0.25) is 0 Å². The smallest absolute Gasteiger partial charge is 0.330 e. The maximum Gasteiger partial charge on any atom is 0.330 e. The van der Waals surface area contributed by atoms with Crippen molar-refractivity contribution in [1.29, 1.82) is 0 Å². The SMILES string of the molecule is Cc1cn([C@@H]2O[C@@]([C](OC(O)[C@H]3O[C@@H](n4cc(C)c(=O)[nH]c4=O)C[C@@H]3N=[N+]=[N-])C(O)[C@H]3O[C@@H](n4cc(C)c(=O)[nH]c4=O)C[C@@H]3F)(C(O)[C@@H]3CC[C@H](n4cc(C)c(=O)[nH]c4=O)O3)[C@@H](N)[C@H]2C(O)[C@@H]2CC[C@H](n3cc(I)c(=O)[nH]c3=O)O2)c(=O)[nH]c1=O. The van der Waals surface area contributed by atoms with Crippen molar-refractivity contribution < 1.29 is 53.2 Å². The maximum atomic E-state index is 17.1. The van der Waals surface area contributed by atoms with Crippen LogP contribution in [-0.4, -0.2) is 141 Å². The third kappa shape index (κ3) is 11.1. The van der Waals surface area contributed by atoms with E-state index in [0.717, 1.165) is 41.4 Å². The van der Waals surface area contributed by atoms with Gasteiger partial charge in [-0.25, -0.2) is 28.4 Å². The lowest BCUT2D eigenvalue weighted by Crippen LogP contribution is -2.68. The number of alkyl halides is 1. The van der Waals surface area contributed by atoms with Crippen LogP contribution in [0.5, 0.6) is 0 Å². The zero-order valence-corrected chi connectivity index (χ0v) is 47.3. The molecule has 5 saturated heterocycles. The van der Waals surface area contributed by atoms with Crippen LogP contribution < -0.4 is 62.0 Å². The molecule has 0 aromatic carbocycles. The van der Waals surface area contributed by atoms with Gasteiger partial charge in [0.15, 0.2) is 12.4 Å². The molecule has 0 aliphatic carbocycles. The van der Waals surface area contributed by atoms with Gasteiger partial charge in [-0.1, -0.05) is 5.11 Å². The quantitative estimate of drug-likeness (QED) is 0.0152. The molecule has 10 rings (SSSR count). The average molecular weight is 1310 g/mol. The largest absolute Gasteiger partial charge is 0.390 e. The van der Waals surface area contributed by atoms with E-state index in [-0.39, 0.29) is 51.5 Å². The Bertz CT molecular complexity index is 4090. The van der Waals surface area contributed by atoms with E-state index in [2.05, 4.69) is 34.9 Å². The Hall–Kier alpha value is -7.07. The molecular weight excluding hydrogens is 1250 g/mol. The lowest BCUT2D eigenvalue weighted by molar-refractivity contribution is -0.261. The maximum absolute atomic E-state index is 17.1. The number of rotatable bonds is 16. The number of aromatic nitrogens is 10. The van der Waals surface area contributed by atoms with Gasteiger partial charge in [0.1, 0.15) is 67.3 Å². The lowest BCUT2D eigenvalue weighted by atomic mass is 9.72. The third-order valence-corrected chi connectivity index (χ3v) is 16.9. The lowest BCUT2D eigenvalue weighted by Gasteiger charge is -2.47. The van der Waals surface area contributed by atoms with Crippen molar-refractivity contribution in [3.8, 4) is 0 Å². The van der Waals surface area contributed by atoms with Crippen LogP contribution in [0.15, 0.2) is 84.0 Å². The Kier molecular flexibility index (Phi) is 17.0. The molecule has 0 saturated carbocycles. The van der Waals surface area contributed by atoms with E-state index in [1.165, 1.54) is 40.1 Å². The normalized spacial score (nSPS) is 30.8. The number of azide groups is 1. The van der Waals surface area contributed by atoms with Gasteiger partial charge in [0.25, 0.3) is 27.8 Å². The summed E-state index contributed by atoms with van der Waals surface area (Å²) in [6.07, 6.45) is -24.2. The van der Waals surface area contributed by atoms with E-state index in [1.807, 2.05) is 0 Å². The number of halogens is 2. The second-order valence-electron chi connectivity index (χ2n) is 21.5. The highest BCUT2D eigenvalue weighted by Gasteiger charge is 2.70. The monoisotopic (exact) mass is 1310 g/mol. The molecule has 1 radical (unpaired) electrons. The standard InChI is InChI=1S/C49H57FIN14O20/c1-16-11-61(44(75)54-37(16)69)25-8-6-24(81-25)35(68)49(34(52)29(42(85-49)65-14-19(4)40(72)57-48(65)79)30(66)23-5-7-26(80-23)64-15-21(51)41(73)58-47(64)78)36(31(67)32-20(50)9-27(82-32)62-12-17(2)38(70)55-45(62)76)84-43(74)33-22(59-60-53)10-28(83-33)63-13-18(3)39(71)56-46(63)77/h11-15,20,22-35,42-43,66-68,74H,5-10,52H2,1-4H3,(H,54,69,75)(H,55,70,76)(H,56,71,77)(H,57,72,79)(H,58,73,78)/t20-,22-,23-,24-,25+,26+,27+,28+,29+,30?,31?,32-,33-,34-,35?,42+,43?,49+/m0/s1. The molecule has 4 unspecified atom stereocenters. The van der Waals surface area contributed by atoms with Crippen LogP contribution in [0.3, 0.4) is 0 Å². The summed E-state index contributed by atoms with van der Waals surface area (Å²) in [5.41, 5.74) is 5.05. The number of aromatic amines is 5. The summed E-state index contributed by atoms with van der Waals surface area (Å²) in [6, 6.07) is -3.67. The minimum Gasteiger partial charge on any atom is -0.390 e. The first-order valence-electron chi connectivity index (χ1n) is 26.5. The number of H-pyrrole nitrogens is 5. The average Bonchev–Trinajstić information content (AvgIpc) is 1.71. The summed E-state index contributed by atoms with van der Waals surface area (Å²) < 4.78 is 59.9. The fraction of sp³-hybridized carbons (Fsp3) is 0.571. The van der Waals surface area contributed by atoms with Gasteiger partial charge >= 0.3 is 28.4 Å². The van der Waals surface area contributed by atoms with Gasteiger partial charge in [0, 0.05) is 77.0 Å². The summed E-state index contributed by atoms with van der Waals surface area (Å²) in [5, 5.41) is 55.7. The Labute approximate surface area is 486 Å². The Balaban J connectivity index is 1.15. The van der Waals surface area contributed by atoms with Crippen molar-refractivity contribution >= 4 is 22.6 Å². The molecule has 85 heavy (non-hydrogen) atoms. The van der Waals surface area contributed by atoms with Crippen LogP contribution in [0, 0.1) is 43.3 Å².